The molecule has 0 aromatic heterocycles. The fourth-order valence-electron chi connectivity index (χ4n) is 2.52. The van der Waals surface area contributed by atoms with E-state index in [0.29, 0.717) is 12.0 Å². The lowest BCUT2D eigenvalue weighted by molar-refractivity contribution is 0.197. The molecular formula is C14H30N4. The Hall–Kier alpha value is -0.770. The van der Waals surface area contributed by atoms with E-state index in [1.165, 1.54) is 25.9 Å². The number of nitrogens with one attached hydrogen (secondary N) is 2. The summed E-state index contributed by atoms with van der Waals surface area (Å²) in [5, 5.41) is 6.58. The molecule has 0 amide bonds. The van der Waals surface area contributed by atoms with Gasteiger partial charge in [0.05, 0.1) is 6.54 Å². The van der Waals surface area contributed by atoms with Crippen molar-refractivity contribution in [3.05, 3.63) is 0 Å². The van der Waals surface area contributed by atoms with Crippen molar-refractivity contribution in [2.24, 2.45) is 10.9 Å². The minimum Gasteiger partial charge on any atom is -0.357 e. The minimum absolute atomic E-state index is 0.583. The summed E-state index contributed by atoms with van der Waals surface area (Å²) in [4.78, 5) is 7.32. The van der Waals surface area contributed by atoms with Crippen LogP contribution in [0, 0.1) is 5.92 Å². The highest BCUT2D eigenvalue weighted by molar-refractivity contribution is 5.79. The maximum atomic E-state index is 4.72. The van der Waals surface area contributed by atoms with Crippen LogP contribution in [0.4, 0.5) is 0 Å². The van der Waals surface area contributed by atoms with Gasteiger partial charge in [0, 0.05) is 19.1 Å². The van der Waals surface area contributed by atoms with Crippen LogP contribution in [0.5, 0.6) is 0 Å². The third-order valence-corrected chi connectivity index (χ3v) is 3.50. The molecule has 1 rings (SSSR count). The third kappa shape index (κ3) is 4.84. The van der Waals surface area contributed by atoms with Gasteiger partial charge in [-0.1, -0.05) is 13.8 Å². The second-order valence-corrected chi connectivity index (χ2v) is 5.30. The molecule has 4 nitrogen and oxygen atoms in total. The molecule has 1 aliphatic heterocycles. The Labute approximate surface area is 112 Å². The van der Waals surface area contributed by atoms with Crippen molar-refractivity contribution in [2.75, 3.05) is 32.7 Å². The highest BCUT2D eigenvalue weighted by Crippen LogP contribution is 2.17. The van der Waals surface area contributed by atoms with E-state index in [0.717, 1.165) is 25.6 Å². The van der Waals surface area contributed by atoms with Crippen molar-refractivity contribution in [3.63, 3.8) is 0 Å². The Balaban J connectivity index is 2.55. The van der Waals surface area contributed by atoms with Crippen molar-refractivity contribution in [2.45, 2.75) is 46.6 Å². The number of rotatable bonds is 6. The van der Waals surface area contributed by atoms with Gasteiger partial charge < -0.3 is 10.6 Å². The number of hydrogen-bond donors (Lipinski definition) is 2. The lowest BCUT2D eigenvalue weighted by Crippen LogP contribution is -2.42. The van der Waals surface area contributed by atoms with Crippen LogP contribution < -0.4 is 10.6 Å². The summed E-state index contributed by atoms with van der Waals surface area (Å²) in [5.41, 5.74) is 0. The minimum atomic E-state index is 0.583. The van der Waals surface area contributed by atoms with Crippen molar-refractivity contribution in [3.8, 4) is 0 Å². The zero-order valence-corrected chi connectivity index (χ0v) is 12.5. The number of likely N-dealkylation sites (tertiary alicyclic amines) is 1. The molecule has 1 saturated heterocycles. The fraction of sp³-hybridized carbons (Fsp3) is 0.929. The molecule has 4 heteroatoms. The molecule has 1 fully saturated rings. The van der Waals surface area contributed by atoms with E-state index in [4.69, 9.17) is 4.99 Å². The molecule has 18 heavy (non-hydrogen) atoms. The summed E-state index contributed by atoms with van der Waals surface area (Å²) in [6.45, 7) is 14.0. The molecule has 106 valence electrons. The summed E-state index contributed by atoms with van der Waals surface area (Å²) < 4.78 is 0. The molecular weight excluding hydrogens is 224 g/mol. The Morgan fingerprint density at radius 1 is 1.11 bits per heavy atom. The molecule has 0 radical (unpaired) electrons. The van der Waals surface area contributed by atoms with Gasteiger partial charge in [0.2, 0.25) is 0 Å². The Morgan fingerprint density at radius 2 is 1.67 bits per heavy atom. The van der Waals surface area contributed by atoms with Crippen molar-refractivity contribution in [1.82, 2.24) is 15.5 Å². The van der Waals surface area contributed by atoms with Gasteiger partial charge in [-0.05, 0) is 45.7 Å². The molecule has 1 aliphatic rings. The lowest BCUT2D eigenvalue weighted by Gasteiger charge is -2.29. The van der Waals surface area contributed by atoms with Gasteiger partial charge >= 0.3 is 0 Å². The third-order valence-electron chi connectivity index (χ3n) is 3.50. The van der Waals surface area contributed by atoms with Crippen LogP contribution in [0.15, 0.2) is 4.99 Å². The molecule has 0 aliphatic carbocycles. The SMILES string of the molecule is CCNC(=NCC(C(C)C)N1CCCC1)NCC. The number of guanidine groups is 1. The van der Waals surface area contributed by atoms with Crippen LogP contribution >= 0.6 is 0 Å². The van der Waals surface area contributed by atoms with Crippen LogP contribution in [0.3, 0.4) is 0 Å². The summed E-state index contributed by atoms with van der Waals surface area (Å²) in [6.07, 6.45) is 2.69. The number of nitrogens with zero attached hydrogens (tertiary/aromatic N) is 2. The second kappa shape index (κ2) is 8.35. The molecule has 0 saturated carbocycles. The second-order valence-electron chi connectivity index (χ2n) is 5.30. The van der Waals surface area contributed by atoms with Gasteiger partial charge in [0.1, 0.15) is 0 Å². The van der Waals surface area contributed by atoms with E-state index in [1.807, 2.05) is 0 Å². The molecule has 0 spiro atoms. The zero-order valence-electron chi connectivity index (χ0n) is 12.5. The Bertz CT molecular complexity index is 236. The van der Waals surface area contributed by atoms with Gasteiger partial charge in [0.25, 0.3) is 0 Å². The summed E-state index contributed by atoms with van der Waals surface area (Å²) in [5.74, 6) is 1.61. The molecule has 0 aromatic carbocycles. The monoisotopic (exact) mass is 254 g/mol. The van der Waals surface area contributed by atoms with E-state index >= 15 is 0 Å². The van der Waals surface area contributed by atoms with Gasteiger partial charge in [-0.15, -0.1) is 0 Å². The van der Waals surface area contributed by atoms with Crippen LogP contribution in [-0.4, -0.2) is 49.6 Å². The molecule has 0 aromatic rings. The summed E-state index contributed by atoms with van der Waals surface area (Å²) in [6, 6.07) is 0.583. The smallest absolute Gasteiger partial charge is 0.191 e. The van der Waals surface area contributed by atoms with Crippen LogP contribution in [-0.2, 0) is 0 Å². The highest BCUT2D eigenvalue weighted by Gasteiger charge is 2.24. The first kappa shape index (κ1) is 15.3. The molecule has 1 heterocycles. The van der Waals surface area contributed by atoms with Crippen LogP contribution in [0.1, 0.15) is 40.5 Å². The molecule has 1 atom stereocenters. The molecule has 1 unspecified atom stereocenters. The summed E-state index contributed by atoms with van der Waals surface area (Å²) >= 11 is 0. The predicted molar refractivity (Wildman–Crippen MR) is 79.1 cm³/mol. The van der Waals surface area contributed by atoms with E-state index in [9.17, 15) is 0 Å². The van der Waals surface area contributed by atoms with Crippen LogP contribution in [0.25, 0.3) is 0 Å². The normalized spacial score (nSPS) is 17.8. The maximum absolute atomic E-state index is 4.72. The summed E-state index contributed by atoms with van der Waals surface area (Å²) in [7, 11) is 0. The van der Waals surface area contributed by atoms with Gasteiger partial charge in [-0.2, -0.15) is 0 Å². The average Bonchev–Trinajstić information content (AvgIpc) is 2.83. The predicted octanol–water partition coefficient (Wildman–Crippen LogP) is 1.68. The Morgan fingerprint density at radius 3 is 2.11 bits per heavy atom. The van der Waals surface area contributed by atoms with E-state index in [-0.39, 0.29) is 0 Å². The number of hydrogen-bond acceptors (Lipinski definition) is 2. The van der Waals surface area contributed by atoms with Gasteiger partial charge in [-0.3, -0.25) is 9.89 Å². The lowest BCUT2D eigenvalue weighted by atomic mass is 10.0. The first-order valence-electron chi connectivity index (χ1n) is 7.45. The molecule has 0 bridgehead atoms. The van der Waals surface area contributed by atoms with Gasteiger partial charge in [-0.25, -0.2) is 0 Å². The van der Waals surface area contributed by atoms with Crippen molar-refractivity contribution < 1.29 is 0 Å². The fourth-order valence-corrected chi connectivity index (χ4v) is 2.52. The topological polar surface area (TPSA) is 39.7 Å². The largest absolute Gasteiger partial charge is 0.357 e. The highest BCUT2D eigenvalue weighted by atomic mass is 15.2. The van der Waals surface area contributed by atoms with Crippen molar-refractivity contribution >= 4 is 5.96 Å². The Kier molecular flexibility index (Phi) is 7.09. The number of aliphatic imine (C=N–C) groups is 1. The maximum Gasteiger partial charge on any atom is 0.191 e. The van der Waals surface area contributed by atoms with Gasteiger partial charge in [0.15, 0.2) is 5.96 Å². The van der Waals surface area contributed by atoms with Crippen LogP contribution in [0.2, 0.25) is 0 Å². The first-order chi connectivity index (χ1) is 8.69. The van der Waals surface area contributed by atoms with E-state index in [2.05, 4.69) is 43.2 Å². The zero-order chi connectivity index (χ0) is 13.4. The average molecular weight is 254 g/mol. The van der Waals surface area contributed by atoms with Crippen molar-refractivity contribution in [1.29, 1.82) is 0 Å². The molecule has 2 N–H and O–H groups in total. The van der Waals surface area contributed by atoms with E-state index in [1.54, 1.807) is 0 Å². The van der Waals surface area contributed by atoms with E-state index < -0.39 is 0 Å². The standard InChI is InChI=1S/C14H30N4/c1-5-15-14(16-6-2)17-11-13(12(3)4)18-9-7-8-10-18/h12-13H,5-11H2,1-4H3,(H2,15,16,17). The first-order valence-corrected chi connectivity index (χ1v) is 7.45. The quantitative estimate of drug-likeness (QED) is 0.560.